The van der Waals surface area contributed by atoms with E-state index in [9.17, 15) is 5.11 Å². The van der Waals surface area contributed by atoms with Crippen molar-refractivity contribution >= 4 is 0 Å². The Labute approximate surface area is 120 Å². The maximum absolute atomic E-state index is 10.5. The molecule has 3 heteroatoms. The van der Waals surface area contributed by atoms with E-state index in [2.05, 4.69) is 18.2 Å². The first-order valence-electron chi connectivity index (χ1n) is 7.78. The van der Waals surface area contributed by atoms with Crippen LogP contribution in [0.5, 0.6) is 0 Å². The molecular formula is C17H24O3. The van der Waals surface area contributed by atoms with Gasteiger partial charge < -0.3 is 14.6 Å². The molecule has 0 amide bonds. The Morgan fingerprint density at radius 2 is 2.15 bits per heavy atom. The van der Waals surface area contributed by atoms with E-state index in [0.717, 1.165) is 13.0 Å². The topological polar surface area (TPSA) is 38.7 Å². The van der Waals surface area contributed by atoms with E-state index in [1.54, 1.807) is 0 Å². The van der Waals surface area contributed by atoms with Crippen molar-refractivity contribution < 1.29 is 14.6 Å². The maximum atomic E-state index is 10.5. The minimum absolute atomic E-state index is 0.0108. The number of rotatable bonds is 6. The SMILES string of the molecule is CCOC(C(O)CC1OCCc2ccccc21)C1CC1. The molecular weight excluding hydrogens is 252 g/mol. The van der Waals surface area contributed by atoms with Crippen LogP contribution in [0.15, 0.2) is 24.3 Å². The summed E-state index contributed by atoms with van der Waals surface area (Å²) in [6.45, 7) is 3.41. The van der Waals surface area contributed by atoms with Gasteiger partial charge in [0.25, 0.3) is 0 Å². The van der Waals surface area contributed by atoms with Crippen LogP contribution in [-0.2, 0) is 15.9 Å². The van der Waals surface area contributed by atoms with Gasteiger partial charge in [0, 0.05) is 13.0 Å². The highest BCUT2D eigenvalue weighted by Gasteiger charge is 2.38. The first-order valence-corrected chi connectivity index (χ1v) is 7.78. The second kappa shape index (κ2) is 6.25. The van der Waals surface area contributed by atoms with Crippen LogP contribution < -0.4 is 0 Å². The van der Waals surface area contributed by atoms with Crippen LogP contribution in [0.1, 0.15) is 43.4 Å². The van der Waals surface area contributed by atoms with Crippen LogP contribution in [-0.4, -0.2) is 30.5 Å². The van der Waals surface area contributed by atoms with Crippen molar-refractivity contribution in [1.82, 2.24) is 0 Å². The van der Waals surface area contributed by atoms with Gasteiger partial charge in [-0.05, 0) is 43.2 Å². The van der Waals surface area contributed by atoms with Crippen LogP contribution in [0.3, 0.4) is 0 Å². The molecule has 1 aromatic carbocycles. The molecule has 3 rings (SSSR count). The summed E-state index contributed by atoms with van der Waals surface area (Å²) < 4.78 is 11.6. The standard InChI is InChI=1S/C17H24O3/c1-2-19-17(13-7-8-13)15(18)11-16-14-6-4-3-5-12(14)9-10-20-16/h3-6,13,15-18H,2,7-11H2,1H3. The van der Waals surface area contributed by atoms with E-state index in [1.165, 1.54) is 24.0 Å². The van der Waals surface area contributed by atoms with Gasteiger partial charge in [-0.3, -0.25) is 0 Å². The monoisotopic (exact) mass is 276 g/mol. The van der Waals surface area contributed by atoms with Crippen LogP contribution >= 0.6 is 0 Å². The third-order valence-electron chi connectivity index (χ3n) is 4.37. The minimum atomic E-state index is -0.432. The van der Waals surface area contributed by atoms with Gasteiger partial charge in [0.05, 0.1) is 24.9 Å². The van der Waals surface area contributed by atoms with E-state index < -0.39 is 6.10 Å². The van der Waals surface area contributed by atoms with Gasteiger partial charge in [0.1, 0.15) is 0 Å². The largest absolute Gasteiger partial charge is 0.390 e. The van der Waals surface area contributed by atoms with Crippen molar-refractivity contribution in [3.8, 4) is 0 Å². The molecule has 3 atom stereocenters. The minimum Gasteiger partial charge on any atom is -0.390 e. The van der Waals surface area contributed by atoms with Gasteiger partial charge >= 0.3 is 0 Å². The van der Waals surface area contributed by atoms with Gasteiger partial charge in [-0.2, -0.15) is 0 Å². The Morgan fingerprint density at radius 3 is 2.90 bits per heavy atom. The molecule has 20 heavy (non-hydrogen) atoms. The Kier molecular flexibility index (Phi) is 4.39. The summed E-state index contributed by atoms with van der Waals surface area (Å²) in [4.78, 5) is 0. The second-order valence-corrected chi connectivity index (χ2v) is 5.87. The van der Waals surface area contributed by atoms with E-state index in [1.807, 2.05) is 13.0 Å². The molecule has 3 unspecified atom stereocenters. The second-order valence-electron chi connectivity index (χ2n) is 5.87. The molecule has 0 saturated heterocycles. The lowest BCUT2D eigenvalue weighted by Crippen LogP contribution is -2.34. The zero-order valence-electron chi connectivity index (χ0n) is 12.1. The highest BCUT2D eigenvalue weighted by Crippen LogP contribution is 2.39. The molecule has 1 heterocycles. The molecule has 1 aromatic rings. The molecule has 3 nitrogen and oxygen atoms in total. The lowest BCUT2D eigenvalue weighted by Gasteiger charge is -2.30. The van der Waals surface area contributed by atoms with Crippen LogP contribution in [0.4, 0.5) is 0 Å². The normalized spacial score (nSPS) is 25.0. The third-order valence-corrected chi connectivity index (χ3v) is 4.37. The molecule has 0 bridgehead atoms. The van der Waals surface area contributed by atoms with Crippen molar-refractivity contribution in [2.24, 2.45) is 5.92 Å². The summed E-state index contributed by atoms with van der Waals surface area (Å²) >= 11 is 0. The summed E-state index contributed by atoms with van der Waals surface area (Å²) in [5.41, 5.74) is 2.60. The number of hydrogen-bond acceptors (Lipinski definition) is 3. The Balaban J connectivity index is 1.68. The zero-order chi connectivity index (χ0) is 13.9. The van der Waals surface area contributed by atoms with E-state index in [-0.39, 0.29) is 12.2 Å². The fourth-order valence-electron chi connectivity index (χ4n) is 3.20. The molecule has 0 radical (unpaired) electrons. The zero-order valence-corrected chi connectivity index (χ0v) is 12.1. The number of ether oxygens (including phenoxy) is 2. The predicted octanol–water partition coefficient (Wildman–Crippen LogP) is 2.87. The van der Waals surface area contributed by atoms with Gasteiger partial charge in [0.2, 0.25) is 0 Å². The smallest absolute Gasteiger partial charge is 0.0862 e. The molecule has 1 fully saturated rings. The van der Waals surface area contributed by atoms with Crippen LogP contribution in [0.25, 0.3) is 0 Å². The Hall–Kier alpha value is -0.900. The molecule has 0 spiro atoms. The average Bonchev–Trinajstić information content (AvgIpc) is 3.29. The van der Waals surface area contributed by atoms with Gasteiger partial charge in [-0.25, -0.2) is 0 Å². The lowest BCUT2D eigenvalue weighted by molar-refractivity contribution is -0.0745. The molecule has 0 aromatic heterocycles. The van der Waals surface area contributed by atoms with Gasteiger partial charge in [-0.15, -0.1) is 0 Å². The van der Waals surface area contributed by atoms with E-state index in [0.29, 0.717) is 18.9 Å². The molecule has 1 aliphatic carbocycles. The average molecular weight is 276 g/mol. The van der Waals surface area contributed by atoms with Crippen molar-refractivity contribution in [1.29, 1.82) is 0 Å². The van der Waals surface area contributed by atoms with Crippen molar-refractivity contribution in [3.63, 3.8) is 0 Å². The van der Waals surface area contributed by atoms with Crippen LogP contribution in [0.2, 0.25) is 0 Å². The number of aliphatic hydroxyl groups is 1. The Morgan fingerprint density at radius 1 is 1.35 bits per heavy atom. The quantitative estimate of drug-likeness (QED) is 0.868. The summed E-state index contributed by atoms with van der Waals surface area (Å²) in [5.74, 6) is 0.545. The third kappa shape index (κ3) is 3.05. The fraction of sp³-hybridized carbons (Fsp3) is 0.647. The van der Waals surface area contributed by atoms with Crippen molar-refractivity contribution in [2.75, 3.05) is 13.2 Å². The number of hydrogen-bond donors (Lipinski definition) is 1. The molecule has 1 saturated carbocycles. The molecule has 2 aliphatic rings. The van der Waals surface area contributed by atoms with E-state index >= 15 is 0 Å². The Bertz CT molecular complexity index is 442. The lowest BCUT2D eigenvalue weighted by atomic mass is 9.92. The maximum Gasteiger partial charge on any atom is 0.0862 e. The predicted molar refractivity (Wildman–Crippen MR) is 77.6 cm³/mol. The fourth-order valence-corrected chi connectivity index (χ4v) is 3.20. The highest BCUT2D eigenvalue weighted by molar-refractivity contribution is 5.31. The molecule has 1 aliphatic heterocycles. The molecule has 110 valence electrons. The van der Waals surface area contributed by atoms with Crippen molar-refractivity contribution in [3.05, 3.63) is 35.4 Å². The van der Waals surface area contributed by atoms with E-state index in [4.69, 9.17) is 9.47 Å². The molecule has 1 N–H and O–H groups in total. The van der Waals surface area contributed by atoms with Gasteiger partial charge in [0.15, 0.2) is 0 Å². The summed E-state index contributed by atoms with van der Waals surface area (Å²) in [7, 11) is 0. The first kappa shape index (κ1) is 14.1. The first-order chi connectivity index (χ1) is 9.79. The highest BCUT2D eigenvalue weighted by atomic mass is 16.5. The van der Waals surface area contributed by atoms with Crippen LogP contribution in [0, 0.1) is 5.92 Å². The summed E-state index contributed by atoms with van der Waals surface area (Å²) in [5, 5.41) is 10.5. The number of aliphatic hydroxyl groups excluding tert-OH is 1. The van der Waals surface area contributed by atoms with Crippen molar-refractivity contribution in [2.45, 2.75) is 50.9 Å². The van der Waals surface area contributed by atoms with Gasteiger partial charge in [-0.1, -0.05) is 24.3 Å². The number of benzene rings is 1. The summed E-state index contributed by atoms with van der Waals surface area (Å²) in [6, 6.07) is 8.41. The number of fused-ring (bicyclic) bond motifs is 1. The summed E-state index contributed by atoms with van der Waals surface area (Å²) in [6.07, 6.45) is 3.54.